The molecule has 0 amide bonds. The van der Waals surface area contributed by atoms with Gasteiger partial charge in [0.15, 0.2) is 15.8 Å². The lowest BCUT2D eigenvalue weighted by Crippen LogP contribution is -2.52. The Hall–Kier alpha value is 0.300. The van der Waals surface area contributed by atoms with Crippen molar-refractivity contribution in [3.05, 3.63) is 0 Å². The maximum Gasteiger partial charge on any atom is 0.193 e. The summed E-state index contributed by atoms with van der Waals surface area (Å²) < 4.78 is 22.7. The van der Waals surface area contributed by atoms with Gasteiger partial charge in [-0.15, -0.1) is 24.0 Å². The van der Waals surface area contributed by atoms with Gasteiger partial charge in [0.1, 0.15) is 0 Å². The Morgan fingerprint density at radius 1 is 1.48 bits per heavy atom. The zero-order valence-electron chi connectivity index (χ0n) is 13.5. The predicted molar refractivity (Wildman–Crippen MR) is 104 cm³/mol. The first-order valence-corrected chi connectivity index (χ1v) is 9.92. The Kier molecular flexibility index (Phi) is 8.93. The fourth-order valence-corrected chi connectivity index (χ4v) is 3.43. The lowest BCUT2D eigenvalue weighted by atomic mass is 10.2. The highest BCUT2D eigenvalue weighted by Crippen LogP contribution is 2.21. The van der Waals surface area contributed by atoms with Gasteiger partial charge in [-0.05, 0) is 20.3 Å². The highest BCUT2D eigenvalue weighted by atomic mass is 127. The van der Waals surface area contributed by atoms with Gasteiger partial charge in [-0.1, -0.05) is 6.92 Å². The molecule has 0 spiro atoms. The number of guanidine groups is 1. The molecule has 0 aromatic heterocycles. The van der Waals surface area contributed by atoms with Crippen molar-refractivity contribution in [1.29, 1.82) is 0 Å². The van der Waals surface area contributed by atoms with E-state index in [1.807, 2.05) is 11.8 Å². The number of hydrogen-bond donors (Lipinski definition) is 1. The number of aliphatic imine (C=N–C) groups is 1. The molecular formula is C13H28IN3O2S2. The Morgan fingerprint density at radius 2 is 2.10 bits per heavy atom. The van der Waals surface area contributed by atoms with Crippen LogP contribution in [-0.2, 0) is 9.84 Å². The van der Waals surface area contributed by atoms with Crippen molar-refractivity contribution < 1.29 is 8.42 Å². The summed E-state index contributed by atoms with van der Waals surface area (Å²) in [6.45, 7) is 7.98. The standard InChI is InChI=1S/C13H27N3O2S2.HI/c1-6-11-9-16(7-8-19-11)12(14-4)15-10-13(2,3)20(5,17)18;/h11H,6-10H2,1-5H3,(H,14,15);1H. The maximum atomic E-state index is 11.7. The number of rotatable bonds is 4. The average molecular weight is 449 g/mol. The van der Waals surface area contributed by atoms with Crippen LogP contribution in [-0.4, -0.2) is 68.0 Å². The van der Waals surface area contributed by atoms with Crippen LogP contribution in [0.3, 0.4) is 0 Å². The molecule has 1 rings (SSSR count). The number of hydrogen-bond acceptors (Lipinski definition) is 4. The van der Waals surface area contributed by atoms with Gasteiger partial charge in [0.25, 0.3) is 0 Å². The third-order valence-corrected chi connectivity index (χ3v) is 7.31. The van der Waals surface area contributed by atoms with Crippen LogP contribution in [0, 0.1) is 0 Å². The summed E-state index contributed by atoms with van der Waals surface area (Å²) in [6.07, 6.45) is 2.43. The van der Waals surface area contributed by atoms with Gasteiger partial charge in [0.05, 0.1) is 4.75 Å². The van der Waals surface area contributed by atoms with E-state index in [0.29, 0.717) is 11.8 Å². The highest BCUT2D eigenvalue weighted by molar-refractivity contribution is 14.0. The van der Waals surface area contributed by atoms with Crippen molar-refractivity contribution in [1.82, 2.24) is 10.2 Å². The summed E-state index contributed by atoms with van der Waals surface area (Å²) in [6, 6.07) is 0. The molecule has 0 saturated carbocycles. The molecule has 0 aromatic rings. The number of sulfone groups is 1. The molecule has 1 atom stereocenters. The molecule has 1 N–H and O–H groups in total. The van der Waals surface area contributed by atoms with E-state index in [1.54, 1.807) is 20.9 Å². The van der Waals surface area contributed by atoms with Gasteiger partial charge in [-0.3, -0.25) is 4.99 Å². The second kappa shape index (κ2) is 8.81. The van der Waals surface area contributed by atoms with Crippen LogP contribution in [0.15, 0.2) is 4.99 Å². The first-order chi connectivity index (χ1) is 9.21. The third-order valence-electron chi connectivity index (χ3n) is 3.78. The van der Waals surface area contributed by atoms with Crippen LogP contribution in [0.25, 0.3) is 0 Å². The van der Waals surface area contributed by atoms with Gasteiger partial charge in [0.2, 0.25) is 0 Å². The summed E-state index contributed by atoms with van der Waals surface area (Å²) in [5.74, 6) is 1.90. The minimum Gasteiger partial charge on any atom is -0.355 e. The third kappa shape index (κ3) is 6.13. The zero-order valence-corrected chi connectivity index (χ0v) is 17.5. The lowest BCUT2D eigenvalue weighted by molar-refractivity contribution is 0.405. The molecule has 0 aliphatic carbocycles. The first kappa shape index (κ1) is 21.3. The summed E-state index contributed by atoms with van der Waals surface area (Å²) in [4.78, 5) is 6.52. The molecule has 126 valence electrons. The molecule has 1 aliphatic heterocycles. The molecule has 1 unspecified atom stereocenters. The minimum atomic E-state index is -3.09. The van der Waals surface area contributed by atoms with Crippen LogP contribution in [0.5, 0.6) is 0 Å². The van der Waals surface area contributed by atoms with Crippen molar-refractivity contribution in [2.75, 3.05) is 38.7 Å². The Balaban J connectivity index is 0.00000400. The number of nitrogens with one attached hydrogen (secondary N) is 1. The van der Waals surface area contributed by atoms with Gasteiger partial charge in [0, 0.05) is 43.9 Å². The highest BCUT2D eigenvalue weighted by Gasteiger charge is 2.31. The van der Waals surface area contributed by atoms with E-state index in [1.165, 1.54) is 6.26 Å². The molecule has 5 nitrogen and oxygen atoms in total. The van der Waals surface area contributed by atoms with E-state index in [9.17, 15) is 8.42 Å². The summed E-state index contributed by atoms with van der Waals surface area (Å²) in [7, 11) is -1.34. The van der Waals surface area contributed by atoms with E-state index >= 15 is 0 Å². The number of nitrogens with zero attached hydrogens (tertiary/aromatic N) is 2. The second-order valence-corrected chi connectivity index (χ2v) is 9.84. The van der Waals surface area contributed by atoms with Crippen LogP contribution >= 0.6 is 35.7 Å². The predicted octanol–water partition coefficient (Wildman–Crippen LogP) is 1.83. The normalized spacial score (nSPS) is 20.9. The van der Waals surface area contributed by atoms with Gasteiger partial charge >= 0.3 is 0 Å². The molecule has 0 radical (unpaired) electrons. The quantitative estimate of drug-likeness (QED) is 0.403. The monoisotopic (exact) mass is 449 g/mol. The van der Waals surface area contributed by atoms with E-state index < -0.39 is 14.6 Å². The Bertz CT molecular complexity index is 452. The van der Waals surface area contributed by atoms with Crippen molar-refractivity contribution in [3.8, 4) is 0 Å². The summed E-state index contributed by atoms with van der Waals surface area (Å²) >= 11 is 2.00. The fourth-order valence-electron chi connectivity index (χ4n) is 1.91. The van der Waals surface area contributed by atoms with Crippen molar-refractivity contribution in [2.24, 2.45) is 4.99 Å². The SMILES string of the molecule is CCC1CN(C(=NC)NCC(C)(C)S(C)(=O)=O)CCS1.I. The van der Waals surface area contributed by atoms with Crippen LogP contribution in [0.1, 0.15) is 27.2 Å². The van der Waals surface area contributed by atoms with E-state index in [4.69, 9.17) is 0 Å². The average Bonchev–Trinajstić information content (AvgIpc) is 2.38. The topological polar surface area (TPSA) is 61.8 Å². The molecule has 1 heterocycles. The summed E-state index contributed by atoms with van der Waals surface area (Å²) in [5.41, 5.74) is 0. The second-order valence-electron chi connectivity index (χ2n) is 5.78. The van der Waals surface area contributed by atoms with Crippen LogP contribution in [0.4, 0.5) is 0 Å². The molecule has 0 aromatic carbocycles. The zero-order chi connectivity index (χ0) is 15.4. The molecular weight excluding hydrogens is 421 g/mol. The molecule has 1 saturated heterocycles. The molecule has 1 aliphatic rings. The summed E-state index contributed by atoms with van der Waals surface area (Å²) in [5, 5.41) is 3.85. The van der Waals surface area contributed by atoms with Gasteiger partial charge < -0.3 is 10.2 Å². The fraction of sp³-hybridized carbons (Fsp3) is 0.923. The van der Waals surface area contributed by atoms with Gasteiger partial charge in [-0.2, -0.15) is 11.8 Å². The smallest absolute Gasteiger partial charge is 0.193 e. The number of thioether (sulfide) groups is 1. The van der Waals surface area contributed by atoms with Crippen molar-refractivity contribution in [2.45, 2.75) is 37.2 Å². The van der Waals surface area contributed by atoms with Crippen LogP contribution in [0.2, 0.25) is 0 Å². The molecule has 21 heavy (non-hydrogen) atoms. The first-order valence-electron chi connectivity index (χ1n) is 6.98. The van der Waals surface area contributed by atoms with Crippen molar-refractivity contribution >= 4 is 51.5 Å². The molecule has 8 heteroatoms. The van der Waals surface area contributed by atoms with E-state index in [-0.39, 0.29) is 24.0 Å². The molecule has 0 bridgehead atoms. The van der Waals surface area contributed by atoms with Crippen LogP contribution < -0.4 is 5.32 Å². The van der Waals surface area contributed by atoms with E-state index in [0.717, 1.165) is 31.2 Å². The van der Waals surface area contributed by atoms with Crippen molar-refractivity contribution in [3.63, 3.8) is 0 Å². The van der Waals surface area contributed by atoms with Gasteiger partial charge in [-0.25, -0.2) is 8.42 Å². The Labute approximate surface area is 150 Å². The lowest BCUT2D eigenvalue weighted by Gasteiger charge is -2.35. The maximum absolute atomic E-state index is 11.7. The number of halogens is 1. The molecule has 1 fully saturated rings. The minimum absolute atomic E-state index is 0. The largest absolute Gasteiger partial charge is 0.355 e. The Morgan fingerprint density at radius 3 is 2.57 bits per heavy atom. The van der Waals surface area contributed by atoms with E-state index in [2.05, 4.69) is 22.1 Å².